The van der Waals surface area contributed by atoms with Crippen LogP contribution in [-0.2, 0) is 9.59 Å². The van der Waals surface area contributed by atoms with Crippen molar-refractivity contribution in [3.05, 3.63) is 33.8 Å². The van der Waals surface area contributed by atoms with Crippen molar-refractivity contribution < 1.29 is 9.59 Å². The molecular formula is C12H13Cl2N3O2. The molecule has 0 atom stereocenters. The van der Waals surface area contributed by atoms with Crippen LogP contribution < -0.4 is 10.7 Å². The first-order valence-electron chi connectivity index (χ1n) is 5.49. The van der Waals surface area contributed by atoms with Crippen molar-refractivity contribution in [2.75, 3.05) is 0 Å². The van der Waals surface area contributed by atoms with E-state index in [1.165, 1.54) is 6.21 Å². The van der Waals surface area contributed by atoms with Gasteiger partial charge in [-0.15, -0.1) is 0 Å². The lowest BCUT2D eigenvalue weighted by Crippen LogP contribution is -2.41. The third kappa shape index (κ3) is 5.28. The maximum absolute atomic E-state index is 11.3. The summed E-state index contributed by atoms with van der Waals surface area (Å²) < 4.78 is 0. The zero-order valence-corrected chi connectivity index (χ0v) is 11.9. The minimum Gasteiger partial charge on any atom is -0.346 e. The Labute approximate surface area is 121 Å². The standard InChI is InChI=1S/C12H13Cl2N3O2/c1-7(2)16-11(18)12(19)17-15-6-8-3-4-9(13)10(14)5-8/h3-7H,1-2H3,(H,16,18)(H,17,19)/b15-6-. The Kier molecular flexibility index (Phi) is 5.79. The van der Waals surface area contributed by atoms with Crippen LogP contribution in [0.15, 0.2) is 23.3 Å². The first kappa shape index (κ1) is 15.5. The van der Waals surface area contributed by atoms with Gasteiger partial charge in [0.2, 0.25) is 0 Å². The molecule has 5 nitrogen and oxygen atoms in total. The molecule has 2 N–H and O–H groups in total. The average Bonchev–Trinajstić information content (AvgIpc) is 2.32. The van der Waals surface area contributed by atoms with E-state index in [4.69, 9.17) is 23.2 Å². The van der Waals surface area contributed by atoms with Crippen molar-refractivity contribution in [2.45, 2.75) is 19.9 Å². The van der Waals surface area contributed by atoms with Gasteiger partial charge in [-0.25, -0.2) is 5.43 Å². The molecule has 19 heavy (non-hydrogen) atoms. The van der Waals surface area contributed by atoms with E-state index in [1.54, 1.807) is 32.0 Å². The molecule has 0 aliphatic heterocycles. The Morgan fingerprint density at radius 1 is 1.21 bits per heavy atom. The van der Waals surface area contributed by atoms with E-state index in [0.29, 0.717) is 15.6 Å². The van der Waals surface area contributed by atoms with E-state index in [1.807, 2.05) is 0 Å². The van der Waals surface area contributed by atoms with Gasteiger partial charge in [-0.2, -0.15) is 5.10 Å². The molecule has 0 spiro atoms. The second kappa shape index (κ2) is 7.11. The molecule has 1 rings (SSSR count). The lowest BCUT2D eigenvalue weighted by atomic mass is 10.2. The summed E-state index contributed by atoms with van der Waals surface area (Å²) in [5, 5.41) is 6.91. The number of carbonyl (C=O) groups excluding carboxylic acids is 2. The van der Waals surface area contributed by atoms with Crippen LogP contribution in [0.1, 0.15) is 19.4 Å². The Morgan fingerprint density at radius 2 is 1.89 bits per heavy atom. The predicted molar refractivity (Wildman–Crippen MR) is 75.5 cm³/mol. The lowest BCUT2D eigenvalue weighted by Gasteiger charge is -2.06. The van der Waals surface area contributed by atoms with Crippen molar-refractivity contribution in [2.24, 2.45) is 5.10 Å². The molecule has 0 heterocycles. The van der Waals surface area contributed by atoms with Gasteiger partial charge in [0.1, 0.15) is 0 Å². The number of hydrogen-bond donors (Lipinski definition) is 2. The number of hydrogen-bond acceptors (Lipinski definition) is 3. The highest BCUT2D eigenvalue weighted by molar-refractivity contribution is 6.42. The molecule has 0 saturated heterocycles. The minimum atomic E-state index is -0.829. The summed E-state index contributed by atoms with van der Waals surface area (Å²) >= 11 is 11.6. The van der Waals surface area contributed by atoms with Gasteiger partial charge in [0.25, 0.3) is 0 Å². The van der Waals surface area contributed by atoms with Crippen LogP contribution >= 0.6 is 23.2 Å². The molecule has 0 bridgehead atoms. The smallest absolute Gasteiger partial charge is 0.329 e. The number of rotatable bonds is 3. The van der Waals surface area contributed by atoms with E-state index in [-0.39, 0.29) is 6.04 Å². The van der Waals surface area contributed by atoms with Gasteiger partial charge in [-0.3, -0.25) is 9.59 Å². The van der Waals surface area contributed by atoms with Crippen molar-refractivity contribution in [3.63, 3.8) is 0 Å². The van der Waals surface area contributed by atoms with Crippen LogP contribution in [0.25, 0.3) is 0 Å². The quantitative estimate of drug-likeness (QED) is 0.509. The zero-order chi connectivity index (χ0) is 14.4. The number of halogens is 2. The van der Waals surface area contributed by atoms with Crippen LogP contribution in [0.2, 0.25) is 10.0 Å². The van der Waals surface area contributed by atoms with Gasteiger partial charge in [0.15, 0.2) is 0 Å². The van der Waals surface area contributed by atoms with E-state index >= 15 is 0 Å². The number of nitrogens with one attached hydrogen (secondary N) is 2. The van der Waals surface area contributed by atoms with Crippen molar-refractivity contribution >= 4 is 41.2 Å². The van der Waals surface area contributed by atoms with Gasteiger partial charge in [-0.05, 0) is 31.5 Å². The maximum atomic E-state index is 11.3. The van der Waals surface area contributed by atoms with Gasteiger partial charge in [-0.1, -0.05) is 29.3 Å². The summed E-state index contributed by atoms with van der Waals surface area (Å²) in [5.41, 5.74) is 2.76. The molecule has 0 radical (unpaired) electrons. The summed E-state index contributed by atoms with van der Waals surface area (Å²) in [6.07, 6.45) is 1.36. The normalized spacial score (nSPS) is 10.8. The number of hydrazone groups is 1. The fourth-order valence-corrected chi connectivity index (χ4v) is 1.44. The lowest BCUT2D eigenvalue weighted by molar-refractivity contribution is -0.139. The third-order valence-corrected chi connectivity index (χ3v) is 2.69. The highest BCUT2D eigenvalue weighted by atomic mass is 35.5. The Hall–Kier alpha value is -1.59. The molecule has 0 aliphatic rings. The van der Waals surface area contributed by atoms with Crippen LogP contribution in [0.4, 0.5) is 0 Å². The largest absolute Gasteiger partial charge is 0.346 e. The number of amides is 2. The molecule has 1 aromatic rings. The van der Waals surface area contributed by atoms with Gasteiger partial charge < -0.3 is 5.32 Å². The van der Waals surface area contributed by atoms with E-state index in [0.717, 1.165) is 0 Å². The molecule has 0 fully saturated rings. The van der Waals surface area contributed by atoms with Crippen LogP contribution in [-0.4, -0.2) is 24.1 Å². The monoisotopic (exact) mass is 301 g/mol. The Balaban J connectivity index is 2.56. The SMILES string of the molecule is CC(C)NC(=O)C(=O)N/N=C\c1ccc(Cl)c(Cl)c1. The summed E-state index contributed by atoms with van der Waals surface area (Å²) in [5.74, 6) is -1.56. The summed E-state index contributed by atoms with van der Waals surface area (Å²) in [6, 6.07) is 4.77. The maximum Gasteiger partial charge on any atom is 0.329 e. The summed E-state index contributed by atoms with van der Waals surface area (Å²) in [6.45, 7) is 3.51. The molecular weight excluding hydrogens is 289 g/mol. The third-order valence-electron chi connectivity index (χ3n) is 1.95. The van der Waals surface area contributed by atoms with E-state index < -0.39 is 11.8 Å². The summed E-state index contributed by atoms with van der Waals surface area (Å²) in [7, 11) is 0. The first-order valence-corrected chi connectivity index (χ1v) is 6.24. The topological polar surface area (TPSA) is 70.6 Å². The van der Waals surface area contributed by atoms with Crippen LogP contribution in [0.5, 0.6) is 0 Å². The summed E-state index contributed by atoms with van der Waals surface area (Å²) in [4.78, 5) is 22.6. The molecule has 0 aliphatic carbocycles. The van der Waals surface area contributed by atoms with Crippen molar-refractivity contribution in [1.82, 2.24) is 10.7 Å². The second-order valence-electron chi connectivity index (χ2n) is 4.00. The molecule has 2 amide bonds. The molecule has 0 saturated carbocycles. The van der Waals surface area contributed by atoms with Crippen molar-refractivity contribution in [3.8, 4) is 0 Å². The fraction of sp³-hybridized carbons (Fsp3) is 0.250. The van der Waals surface area contributed by atoms with Crippen LogP contribution in [0.3, 0.4) is 0 Å². The highest BCUT2D eigenvalue weighted by Crippen LogP contribution is 2.21. The molecule has 1 aromatic carbocycles. The van der Waals surface area contributed by atoms with E-state index in [2.05, 4.69) is 15.8 Å². The minimum absolute atomic E-state index is 0.114. The number of carbonyl (C=O) groups is 2. The molecule has 0 aromatic heterocycles. The van der Waals surface area contributed by atoms with E-state index in [9.17, 15) is 9.59 Å². The average molecular weight is 302 g/mol. The number of nitrogens with zero attached hydrogens (tertiary/aromatic N) is 1. The molecule has 102 valence electrons. The van der Waals surface area contributed by atoms with Gasteiger partial charge in [0, 0.05) is 6.04 Å². The van der Waals surface area contributed by atoms with Gasteiger partial charge >= 0.3 is 11.8 Å². The van der Waals surface area contributed by atoms with Crippen LogP contribution in [0, 0.1) is 0 Å². The Morgan fingerprint density at radius 3 is 2.47 bits per heavy atom. The highest BCUT2D eigenvalue weighted by Gasteiger charge is 2.12. The molecule has 0 unspecified atom stereocenters. The van der Waals surface area contributed by atoms with Gasteiger partial charge in [0.05, 0.1) is 16.3 Å². The second-order valence-corrected chi connectivity index (χ2v) is 4.82. The van der Waals surface area contributed by atoms with Crippen molar-refractivity contribution in [1.29, 1.82) is 0 Å². The zero-order valence-electron chi connectivity index (χ0n) is 10.4. The first-order chi connectivity index (χ1) is 8.90. The number of benzene rings is 1. The predicted octanol–water partition coefficient (Wildman–Crippen LogP) is 1.97. The fourth-order valence-electron chi connectivity index (χ4n) is 1.14. The molecule has 7 heteroatoms. The Bertz CT molecular complexity index is 516.